The lowest BCUT2D eigenvalue weighted by Gasteiger charge is -2.41. The average molecular weight is 289 g/mol. The van der Waals surface area contributed by atoms with Crippen molar-refractivity contribution in [2.24, 2.45) is 5.41 Å². The first-order valence-electron chi connectivity index (χ1n) is 7.28. The normalized spacial score (nSPS) is 15.6. The number of amides is 1. The van der Waals surface area contributed by atoms with Gasteiger partial charge in [0.1, 0.15) is 12.4 Å². The molecular formula is C17H20FNO2. The monoisotopic (exact) mass is 289 g/mol. The average Bonchev–Trinajstić information content (AvgIpc) is 2.45. The minimum absolute atomic E-state index is 0.185. The Hall–Kier alpha value is -1.86. The quantitative estimate of drug-likeness (QED) is 0.837. The third-order valence-corrected chi connectivity index (χ3v) is 4.32. The molecule has 1 aliphatic rings. The molecule has 0 aliphatic heterocycles. The molecule has 0 heterocycles. The molecule has 1 aliphatic carbocycles. The van der Waals surface area contributed by atoms with Crippen molar-refractivity contribution < 1.29 is 14.3 Å². The maximum absolute atomic E-state index is 13.8. The van der Waals surface area contributed by atoms with Crippen molar-refractivity contribution in [3.8, 4) is 11.8 Å². The smallest absolute Gasteiger partial charge is 0.251 e. The molecule has 112 valence electrons. The van der Waals surface area contributed by atoms with Crippen LogP contribution in [-0.2, 0) is 0 Å². The van der Waals surface area contributed by atoms with Crippen LogP contribution in [0, 0.1) is 23.1 Å². The van der Waals surface area contributed by atoms with Crippen LogP contribution in [0.5, 0.6) is 0 Å². The van der Waals surface area contributed by atoms with Gasteiger partial charge in [-0.3, -0.25) is 4.79 Å². The van der Waals surface area contributed by atoms with Gasteiger partial charge in [-0.15, -0.1) is 0 Å². The van der Waals surface area contributed by atoms with Crippen molar-refractivity contribution in [2.45, 2.75) is 32.6 Å². The highest BCUT2D eigenvalue weighted by molar-refractivity contribution is 5.94. The molecule has 1 fully saturated rings. The standard InChI is InChI=1S/C17H20FNO2/c1-2-17(8-4-9-17)12-19-16(21)14-7-6-13(5-3-10-20)15(18)11-14/h6-7,11,20H,2,4,8-10,12H2,1H3,(H,19,21). The summed E-state index contributed by atoms with van der Waals surface area (Å²) in [6.07, 6.45) is 4.57. The molecule has 0 radical (unpaired) electrons. The summed E-state index contributed by atoms with van der Waals surface area (Å²) in [7, 11) is 0. The van der Waals surface area contributed by atoms with Crippen LogP contribution < -0.4 is 5.32 Å². The lowest BCUT2D eigenvalue weighted by molar-refractivity contribution is 0.0849. The second kappa shape index (κ2) is 6.73. The van der Waals surface area contributed by atoms with Gasteiger partial charge >= 0.3 is 0 Å². The molecule has 0 atom stereocenters. The van der Waals surface area contributed by atoms with E-state index in [4.69, 9.17) is 5.11 Å². The van der Waals surface area contributed by atoms with Gasteiger partial charge in [0, 0.05) is 12.1 Å². The van der Waals surface area contributed by atoms with Gasteiger partial charge in [0.05, 0.1) is 5.56 Å². The Morgan fingerprint density at radius 1 is 1.48 bits per heavy atom. The maximum atomic E-state index is 13.8. The Bertz CT molecular complexity index is 577. The highest BCUT2D eigenvalue weighted by atomic mass is 19.1. The van der Waals surface area contributed by atoms with Crippen molar-refractivity contribution in [1.82, 2.24) is 5.32 Å². The first-order chi connectivity index (χ1) is 10.1. The summed E-state index contributed by atoms with van der Waals surface area (Å²) in [5.74, 6) is 4.09. The van der Waals surface area contributed by atoms with Crippen LogP contribution in [0.2, 0.25) is 0 Å². The summed E-state index contributed by atoms with van der Waals surface area (Å²) in [5, 5.41) is 11.5. The third-order valence-electron chi connectivity index (χ3n) is 4.32. The molecule has 0 bridgehead atoms. The van der Waals surface area contributed by atoms with Crippen LogP contribution in [0.3, 0.4) is 0 Å². The molecule has 0 unspecified atom stereocenters. The largest absolute Gasteiger partial charge is 0.384 e. The Labute approximate surface area is 124 Å². The number of hydrogen-bond acceptors (Lipinski definition) is 2. The van der Waals surface area contributed by atoms with E-state index in [0.29, 0.717) is 12.1 Å². The first kappa shape index (κ1) is 15.5. The van der Waals surface area contributed by atoms with Gasteiger partial charge in [0.2, 0.25) is 0 Å². The van der Waals surface area contributed by atoms with Crippen LogP contribution >= 0.6 is 0 Å². The van der Waals surface area contributed by atoms with E-state index >= 15 is 0 Å². The summed E-state index contributed by atoms with van der Waals surface area (Å²) < 4.78 is 13.8. The zero-order valence-corrected chi connectivity index (χ0v) is 12.2. The predicted octanol–water partition coefficient (Wildman–Crippen LogP) is 2.48. The van der Waals surface area contributed by atoms with E-state index in [1.54, 1.807) is 6.07 Å². The highest BCUT2D eigenvalue weighted by Crippen LogP contribution is 2.43. The van der Waals surface area contributed by atoms with E-state index in [9.17, 15) is 9.18 Å². The number of rotatable bonds is 4. The zero-order valence-electron chi connectivity index (χ0n) is 12.2. The molecule has 2 rings (SSSR count). The predicted molar refractivity (Wildman–Crippen MR) is 79.3 cm³/mol. The molecule has 1 aromatic rings. The number of aliphatic hydroxyl groups excluding tert-OH is 1. The highest BCUT2D eigenvalue weighted by Gasteiger charge is 2.35. The third kappa shape index (κ3) is 3.62. The van der Waals surface area contributed by atoms with Gasteiger partial charge in [-0.2, -0.15) is 0 Å². The van der Waals surface area contributed by atoms with Crippen LogP contribution in [0.1, 0.15) is 48.5 Å². The lowest BCUT2D eigenvalue weighted by Crippen LogP contribution is -2.41. The Morgan fingerprint density at radius 2 is 2.24 bits per heavy atom. The second-order valence-electron chi connectivity index (χ2n) is 5.54. The SMILES string of the molecule is CCC1(CNC(=O)c2ccc(C#CCO)c(F)c2)CCC1. The van der Waals surface area contributed by atoms with Gasteiger partial charge in [-0.05, 0) is 42.9 Å². The fraction of sp³-hybridized carbons (Fsp3) is 0.471. The summed E-state index contributed by atoms with van der Waals surface area (Å²) in [6, 6.07) is 4.21. The number of benzene rings is 1. The number of hydrogen-bond donors (Lipinski definition) is 2. The molecule has 2 N–H and O–H groups in total. The number of carbonyl (C=O) groups is 1. The summed E-state index contributed by atoms with van der Waals surface area (Å²) in [4.78, 5) is 12.1. The van der Waals surface area contributed by atoms with E-state index in [-0.39, 0.29) is 23.5 Å². The molecule has 4 heteroatoms. The molecule has 1 amide bonds. The Balaban J connectivity index is 2.01. The lowest BCUT2D eigenvalue weighted by atomic mass is 9.67. The van der Waals surface area contributed by atoms with Crippen LogP contribution in [0.4, 0.5) is 4.39 Å². The van der Waals surface area contributed by atoms with Crippen LogP contribution in [-0.4, -0.2) is 24.2 Å². The molecule has 1 saturated carbocycles. The number of carbonyl (C=O) groups excluding carboxylic acids is 1. The van der Waals surface area contributed by atoms with E-state index in [1.165, 1.54) is 18.6 Å². The van der Waals surface area contributed by atoms with E-state index < -0.39 is 5.82 Å². The van der Waals surface area contributed by atoms with Crippen molar-refractivity contribution in [2.75, 3.05) is 13.2 Å². The van der Waals surface area contributed by atoms with Gasteiger partial charge in [0.25, 0.3) is 5.91 Å². The molecule has 0 spiro atoms. The molecule has 0 aromatic heterocycles. The number of halogens is 1. The maximum Gasteiger partial charge on any atom is 0.251 e. The Morgan fingerprint density at radius 3 is 2.76 bits per heavy atom. The minimum atomic E-state index is -0.544. The van der Waals surface area contributed by atoms with Crippen molar-refractivity contribution in [1.29, 1.82) is 0 Å². The van der Waals surface area contributed by atoms with Gasteiger partial charge in [-0.25, -0.2) is 4.39 Å². The van der Waals surface area contributed by atoms with Crippen molar-refractivity contribution >= 4 is 5.91 Å². The minimum Gasteiger partial charge on any atom is -0.384 e. The topological polar surface area (TPSA) is 49.3 Å². The summed E-state index contributed by atoms with van der Waals surface area (Å²) in [5.41, 5.74) is 0.720. The summed E-state index contributed by atoms with van der Waals surface area (Å²) in [6.45, 7) is 2.47. The number of nitrogens with one attached hydrogen (secondary N) is 1. The van der Waals surface area contributed by atoms with E-state index in [0.717, 1.165) is 19.3 Å². The second-order valence-corrected chi connectivity index (χ2v) is 5.54. The van der Waals surface area contributed by atoms with Gasteiger partial charge < -0.3 is 10.4 Å². The molecular weight excluding hydrogens is 269 g/mol. The summed E-state index contributed by atoms with van der Waals surface area (Å²) >= 11 is 0. The van der Waals surface area contributed by atoms with Crippen LogP contribution in [0.25, 0.3) is 0 Å². The van der Waals surface area contributed by atoms with Gasteiger partial charge in [-0.1, -0.05) is 25.2 Å². The number of aliphatic hydroxyl groups is 1. The molecule has 1 aromatic carbocycles. The van der Waals surface area contributed by atoms with E-state index in [2.05, 4.69) is 24.1 Å². The van der Waals surface area contributed by atoms with Crippen molar-refractivity contribution in [3.63, 3.8) is 0 Å². The molecule has 0 saturated heterocycles. The first-order valence-corrected chi connectivity index (χ1v) is 7.28. The van der Waals surface area contributed by atoms with E-state index in [1.807, 2.05) is 0 Å². The Kier molecular flexibility index (Phi) is 4.98. The fourth-order valence-corrected chi connectivity index (χ4v) is 2.59. The fourth-order valence-electron chi connectivity index (χ4n) is 2.59. The van der Waals surface area contributed by atoms with Crippen LogP contribution in [0.15, 0.2) is 18.2 Å². The molecule has 21 heavy (non-hydrogen) atoms. The molecule has 3 nitrogen and oxygen atoms in total. The van der Waals surface area contributed by atoms with Gasteiger partial charge in [0.15, 0.2) is 0 Å². The zero-order chi connectivity index (χ0) is 15.3. The van der Waals surface area contributed by atoms with Crippen molar-refractivity contribution in [3.05, 3.63) is 35.1 Å².